The molecule has 1 saturated carbocycles. The second-order valence-corrected chi connectivity index (χ2v) is 4.74. The third-order valence-electron chi connectivity index (χ3n) is 3.13. The Bertz CT molecular complexity index is 380. The van der Waals surface area contributed by atoms with Gasteiger partial charge in [0.05, 0.1) is 0 Å². The molecule has 3 heteroatoms. The lowest BCUT2D eigenvalue weighted by Gasteiger charge is -2.35. The van der Waals surface area contributed by atoms with Crippen LogP contribution in [0.2, 0.25) is 10.0 Å². The van der Waals surface area contributed by atoms with Gasteiger partial charge in [-0.3, -0.25) is 4.79 Å². The van der Waals surface area contributed by atoms with E-state index in [1.807, 2.05) is 25.1 Å². The van der Waals surface area contributed by atoms with Crippen LogP contribution in [0.5, 0.6) is 0 Å². The number of ketones is 1. The maximum atomic E-state index is 11.4. The second-order valence-electron chi connectivity index (χ2n) is 3.93. The van der Waals surface area contributed by atoms with Gasteiger partial charge in [0.2, 0.25) is 0 Å². The Morgan fingerprint density at radius 3 is 2.40 bits per heavy atom. The van der Waals surface area contributed by atoms with Crippen LogP contribution in [0.4, 0.5) is 0 Å². The number of rotatable bonds is 2. The standard InChI is InChI=1S/C12H12Cl2O/c1-2-7-8(6-11(7)15)12-9(13)4-3-5-10(12)14/h3-5,7-8H,2,6H2,1H3. The van der Waals surface area contributed by atoms with Crippen LogP contribution in [0.1, 0.15) is 31.2 Å². The first kappa shape index (κ1) is 11.0. The van der Waals surface area contributed by atoms with Crippen LogP contribution in [0.3, 0.4) is 0 Å². The molecule has 0 aromatic heterocycles. The highest BCUT2D eigenvalue weighted by Crippen LogP contribution is 2.46. The third kappa shape index (κ3) is 1.79. The van der Waals surface area contributed by atoms with E-state index in [2.05, 4.69) is 0 Å². The fourth-order valence-corrected chi connectivity index (χ4v) is 2.93. The van der Waals surface area contributed by atoms with Crippen molar-refractivity contribution in [1.82, 2.24) is 0 Å². The normalized spacial score (nSPS) is 25.1. The van der Waals surface area contributed by atoms with Crippen LogP contribution >= 0.6 is 23.2 Å². The van der Waals surface area contributed by atoms with Crippen molar-refractivity contribution >= 4 is 29.0 Å². The minimum Gasteiger partial charge on any atom is -0.299 e. The summed E-state index contributed by atoms with van der Waals surface area (Å²) in [5, 5.41) is 1.36. The van der Waals surface area contributed by atoms with Gasteiger partial charge in [0, 0.05) is 28.3 Å². The van der Waals surface area contributed by atoms with Gasteiger partial charge in [-0.15, -0.1) is 0 Å². The Labute approximate surface area is 99.4 Å². The summed E-state index contributed by atoms with van der Waals surface area (Å²) < 4.78 is 0. The number of benzene rings is 1. The van der Waals surface area contributed by atoms with Gasteiger partial charge in [0.1, 0.15) is 5.78 Å². The number of halogens is 2. The predicted molar refractivity (Wildman–Crippen MR) is 62.6 cm³/mol. The molecular weight excluding hydrogens is 231 g/mol. The Kier molecular flexibility index (Phi) is 3.03. The lowest BCUT2D eigenvalue weighted by atomic mass is 9.68. The molecule has 1 aliphatic rings. The van der Waals surface area contributed by atoms with Crippen LogP contribution in [0, 0.1) is 5.92 Å². The largest absolute Gasteiger partial charge is 0.299 e. The maximum Gasteiger partial charge on any atom is 0.137 e. The van der Waals surface area contributed by atoms with Crippen LogP contribution in [-0.4, -0.2) is 5.78 Å². The summed E-state index contributed by atoms with van der Waals surface area (Å²) in [6.07, 6.45) is 1.45. The molecule has 1 aliphatic carbocycles. The summed E-state index contributed by atoms with van der Waals surface area (Å²) in [6.45, 7) is 2.03. The summed E-state index contributed by atoms with van der Waals surface area (Å²) in [7, 11) is 0. The average Bonchev–Trinajstić information content (AvgIpc) is 2.16. The van der Waals surface area contributed by atoms with E-state index in [1.54, 1.807) is 0 Å². The van der Waals surface area contributed by atoms with Crippen LogP contribution < -0.4 is 0 Å². The zero-order valence-electron chi connectivity index (χ0n) is 8.47. The Morgan fingerprint density at radius 2 is 1.93 bits per heavy atom. The lowest BCUT2D eigenvalue weighted by Crippen LogP contribution is -2.35. The smallest absolute Gasteiger partial charge is 0.137 e. The number of hydrogen-bond donors (Lipinski definition) is 0. The highest BCUT2D eigenvalue weighted by atomic mass is 35.5. The van der Waals surface area contributed by atoms with Crippen LogP contribution in [0.15, 0.2) is 18.2 Å². The monoisotopic (exact) mass is 242 g/mol. The minimum atomic E-state index is 0.113. The van der Waals surface area contributed by atoms with E-state index in [9.17, 15) is 4.79 Å². The summed E-state index contributed by atoms with van der Waals surface area (Å²) in [4.78, 5) is 11.4. The van der Waals surface area contributed by atoms with Crippen molar-refractivity contribution in [1.29, 1.82) is 0 Å². The summed E-state index contributed by atoms with van der Waals surface area (Å²) in [5.74, 6) is 0.671. The number of hydrogen-bond acceptors (Lipinski definition) is 1. The van der Waals surface area contributed by atoms with Gasteiger partial charge in [0.25, 0.3) is 0 Å². The maximum absolute atomic E-state index is 11.4. The molecular formula is C12H12Cl2O. The first-order valence-electron chi connectivity index (χ1n) is 5.11. The van der Waals surface area contributed by atoms with E-state index >= 15 is 0 Å². The molecule has 0 spiro atoms. The van der Waals surface area contributed by atoms with Gasteiger partial charge in [0.15, 0.2) is 0 Å². The summed E-state index contributed by atoms with van der Waals surface area (Å²) >= 11 is 12.2. The quantitative estimate of drug-likeness (QED) is 0.764. The predicted octanol–water partition coefficient (Wildman–Crippen LogP) is 4.08. The molecule has 80 valence electrons. The molecule has 1 aromatic rings. The average molecular weight is 243 g/mol. The number of Topliss-reactive ketones (excluding diaryl/α,β-unsaturated/α-hetero) is 1. The van der Waals surface area contributed by atoms with Crippen LogP contribution in [-0.2, 0) is 4.79 Å². The van der Waals surface area contributed by atoms with E-state index in [0.29, 0.717) is 22.2 Å². The lowest BCUT2D eigenvalue weighted by molar-refractivity contribution is -0.131. The molecule has 2 atom stereocenters. The molecule has 1 nitrogen and oxygen atoms in total. The van der Waals surface area contributed by atoms with E-state index in [1.165, 1.54) is 0 Å². The molecule has 0 radical (unpaired) electrons. The minimum absolute atomic E-state index is 0.113. The van der Waals surface area contributed by atoms with Crippen molar-refractivity contribution in [3.63, 3.8) is 0 Å². The molecule has 1 fully saturated rings. The van der Waals surface area contributed by atoms with Crippen molar-refractivity contribution in [2.75, 3.05) is 0 Å². The molecule has 0 amide bonds. The van der Waals surface area contributed by atoms with E-state index < -0.39 is 0 Å². The van der Waals surface area contributed by atoms with Crippen molar-refractivity contribution in [3.8, 4) is 0 Å². The molecule has 0 bridgehead atoms. The molecule has 0 saturated heterocycles. The first-order valence-corrected chi connectivity index (χ1v) is 5.87. The second kappa shape index (κ2) is 4.15. The SMILES string of the molecule is CCC1C(=O)CC1c1c(Cl)cccc1Cl. The number of carbonyl (C=O) groups excluding carboxylic acids is 1. The first-order chi connectivity index (χ1) is 7.15. The van der Waals surface area contributed by atoms with Gasteiger partial charge in [-0.05, 0) is 24.1 Å². The van der Waals surface area contributed by atoms with Gasteiger partial charge in [-0.25, -0.2) is 0 Å². The number of carbonyl (C=O) groups is 1. The Hall–Kier alpha value is -0.530. The third-order valence-corrected chi connectivity index (χ3v) is 3.79. The van der Waals surface area contributed by atoms with Gasteiger partial charge < -0.3 is 0 Å². The Balaban J connectivity index is 2.35. The highest BCUT2D eigenvalue weighted by Gasteiger charge is 2.40. The van der Waals surface area contributed by atoms with Gasteiger partial charge >= 0.3 is 0 Å². The van der Waals surface area contributed by atoms with E-state index in [-0.39, 0.29) is 11.8 Å². The topological polar surface area (TPSA) is 17.1 Å². The van der Waals surface area contributed by atoms with Gasteiger partial charge in [-0.2, -0.15) is 0 Å². The van der Waals surface area contributed by atoms with Crippen LogP contribution in [0.25, 0.3) is 0 Å². The zero-order chi connectivity index (χ0) is 11.0. The van der Waals surface area contributed by atoms with Crippen molar-refractivity contribution < 1.29 is 4.79 Å². The molecule has 0 N–H and O–H groups in total. The van der Waals surface area contributed by atoms with Crippen molar-refractivity contribution in [3.05, 3.63) is 33.8 Å². The highest BCUT2D eigenvalue weighted by molar-refractivity contribution is 6.36. The summed E-state index contributed by atoms with van der Waals surface area (Å²) in [6, 6.07) is 5.49. The van der Waals surface area contributed by atoms with E-state index in [0.717, 1.165) is 12.0 Å². The summed E-state index contributed by atoms with van der Waals surface area (Å²) in [5.41, 5.74) is 0.951. The fourth-order valence-electron chi connectivity index (χ4n) is 2.25. The van der Waals surface area contributed by atoms with Crippen molar-refractivity contribution in [2.24, 2.45) is 5.92 Å². The van der Waals surface area contributed by atoms with Gasteiger partial charge in [-0.1, -0.05) is 36.2 Å². The molecule has 2 rings (SSSR count). The fraction of sp³-hybridized carbons (Fsp3) is 0.417. The molecule has 0 aliphatic heterocycles. The molecule has 2 unspecified atom stereocenters. The van der Waals surface area contributed by atoms with Crippen molar-refractivity contribution in [2.45, 2.75) is 25.7 Å². The molecule has 1 aromatic carbocycles. The van der Waals surface area contributed by atoms with E-state index in [4.69, 9.17) is 23.2 Å². The molecule has 0 heterocycles. The molecule has 15 heavy (non-hydrogen) atoms. The zero-order valence-corrected chi connectivity index (χ0v) is 9.98. The Morgan fingerprint density at radius 1 is 1.33 bits per heavy atom.